The number of aromatic nitrogens is 4. The molecule has 0 aliphatic heterocycles. The van der Waals surface area contributed by atoms with E-state index >= 15 is 0 Å². The van der Waals surface area contributed by atoms with Crippen LogP contribution < -0.4 is 5.32 Å². The largest absolute Gasteiger partial charge is 0.481 e. The van der Waals surface area contributed by atoms with Crippen molar-refractivity contribution in [2.45, 2.75) is 26.2 Å². The molecule has 1 aliphatic carbocycles. The summed E-state index contributed by atoms with van der Waals surface area (Å²) < 4.78 is 0. The standard InChI is InChI=1S/C11H17N5O3/c1-3-6-4-7(8(5-6)10(18)19)9(17)12-11-13-15-16(2)14-11/h6-8H,3-5H2,1-2H3,(H,18,19)(H,12,14,17)/t6?,7-,8+/m0/s1. The molecule has 3 atom stereocenters. The van der Waals surface area contributed by atoms with Gasteiger partial charge in [-0.05, 0) is 24.0 Å². The maximum absolute atomic E-state index is 12.1. The molecule has 1 fully saturated rings. The number of carboxylic acid groups (broad SMARTS) is 1. The van der Waals surface area contributed by atoms with Crippen LogP contribution in [0.5, 0.6) is 0 Å². The third kappa shape index (κ3) is 2.88. The highest BCUT2D eigenvalue weighted by atomic mass is 16.4. The van der Waals surface area contributed by atoms with Gasteiger partial charge in [0.1, 0.15) is 0 Å². The molecule has 1 aromatic rings. The first kappa shape index (κ1) is 13.4. The summed E-state index contributed by atoms with van der Waals surface area (Å²) in [7, 11) is 1.59. The number of hydrogen-bond acceptors (Lipinski definition) is 5. The number of nitrogens with zero attached hydrogens (tertiary/aromatic N) is 4. The summed E-state index contributed by atoms with van der Waals surface area (Å²) in [5.41, 5.74) is 0. The molecule has 0 radical (unpaired) electrons. The van der Waals surface area contributed by atoms with Crippen LogP contribution >= 0.6 is 0 Å². The number of aliphatic carboxylic acids is 1. The normalized spacial score (nSPS) is 26.3. The minimum absolute atomic E-state index is 0.108. The van der Waals surface area contributed by atoms with Gasteiger partial charge in [0.05, 0.1) is 18.9 Å². The summed E-state index contributed by atoms with van der Waals surface area (Å²) in [6.07, 6.45) is 2.04. The van der Waals surface area contributed by atoms with Gasteiger partial charge in [0, 0.05) is 0 Å². The first-order chi connectivity index (χ1) is 9.01. The highest BCUT2D eigenvalue weighted by Gasteiger charge is 2.42. The van der Waals surface area contributed by atoms with Crippen LogP contribution in [0.15, 0.2) is 0 Å². The third-order valence-electron chi connectivity index (χ3n) is 3.63. The van der Waals surface area contributed by atoms with E-state index in [1.807, 2.05) is 6.92 Å². The molecule has 2 rings (SSSR count). The zero-order valence-electron chi connectivity index (χ0n) is 10.9. The second kappa shape index (κ2) is 5.33. The zero-order chi connectivity index (χ0) is 14.0. The Labute approximate surface area is 110 Å². The van der Waals surface area contributed by atoms with E-state index in [9.17, 15) is 14.7 Å². The van der Waals surface area contributed by atoms with Crippen molar-refractivity contribution in [2.24, 2.45) is 24.8 Å². The van der Waals surface area contributed by atoms with Crippen molar-refractivity contribution in [3.63, 3.8) is 0 Å². The molecule has 104 valence electrons. The lowest BCUT2D eigenvalue weighted by Gasteiger charge is -2.13. The maximum Gasteiger partial charge on any atom is 0.307 e. The summed E-state index contributed by atoms with van der Waals surface area (Å²) in [5, 5.41) is 22.8. The van der Waals surface area contributed by atoms with E-state index in [2.05, 4.69) is 20.7 Å². The molecule has 0 saturated heterocycles. The van der Waals surface area contributed by atoms with Crippen molar-refractivity contribution in [3.05, 3.63) is 0 Å². The monoisotopic (exact) mass is 267 g/mol. The minimum Gasteiger partial charge on any atom is -0.481 e. The lowest BCUT2D eigenvalue weighted by atomic mass is 9.95. The van der Waals surface area contributed by atoms with Crippen molar-refractivity contribution in [3.8, 4) is 0 Å². The SMILES string of the molecule is CCC1C[C@H](C(=O)Nc2nnn(C)n2)[C@H](C(=O)O)C1. The van der Waals surface area contributed by atoms with E-state index in [0.717, 1.165) is 6.42 Å². The average molecular weight is 267 g/mol. The molecule has 1 aliphatic rings. The molecule has 0 spiro atoms. The third-order valence-corrected chi connectivity index (χ3v) is 3.63. The number of carbonyl (C=O) groups excluding carboxylic acids is 1. The van der Waals surface area contributed by atoms with Crippen LogP contribution in [-0.4, -0.2) is 37.2 Å². The molecule has 1 amide bonds. The lowest BCUT2D eigenvalue weighted by molar-refractivity contribution is -0.145. The van der Waals surface area contributed by atoms with E-state index in [0.29, 0.717) is 12.8 Å². The van der Waals surface area contributed by atoms with Gasteiger partial charge in [0.25, 0.3) is 5.95 Å². The molecular weight excluding hydrogens is 250 g/mol. The summed E-state index contributed by atoms with van der Waals surface area (Å²) in [6, 6.07) is 0. The zero-order valence-corrected chi connectivity index (χ0v) is 10.9. The van der Waals surface area contributed by atoms with Crippen LogP contribution in [0.2, 0.25) is 0 Å². The smallest absolute Gasteiger partial charge is 0.307 e. The Morgan fingerprint density at radius 3 is 2.63 bits per heavy atom. The molecule has 8 heteroatoms. The summed E-state index contributed by atoms with van der Waals surface area (Å²) in [6.45, 7) is 2.01. The van der Waals surface area contributed by atoms with Crippen molar-refractivity contribution < 1.29 is 14.7 Å². The molecule has 8 nitrogen and oxygen atoms in total. The second-order valence-corrected chi connectivity index (χ2v) is 4.89. The molecule has 19 heavy (non-hydrogen) atoms. The Bertz CT molecular complexity index is 486. The molecule has 1 aromatic heterocycles. The van der Waals surface area contributed by atoms with E-state index < -0.39 is 17.8 Å². The predicted molar refractivity (Wildman–Crippen MR) is 65.1 cm³/mol. The van der Waals surface area contributed by atoms with Crippen LogP contribution in [0.4, 0.5) is 5.95 Å². The average Bonchev–Trinajstić information content (AvgIpc) is 2.95. The number of hydrogen-bond donors (Lipinski definition) is 2. The van der Waals surface area contributed by atoms with Gasteiger partial charge in [0.2, 0.25) is 5.91 Å². The van der Waals surface area contributed by atoms with Gasteiger partial charge in [-0.25, -0.2) is 0 Å². The van der Waals surface area contributed by atoms with Crippen LogP contribution in [0.1, 0.15) is 26.2 Å². The van der Waals surface area contributed by atoms with E-state index in [4.69, 9.17) is 0 Å². The quantitative estimate of drug-likeness (QED) is 0.811. The molecule has 0 bridgehead atoms. The number of anilines is 1. The highest BCUT2D eigenvalue weighted by molar-refractivity contribution is 5.94. The highest BCUT2D eigenvalue weighted by Crippen LogP contribution is 2.38. The molecule has 0 aromatic carbocycles. The molecule has 1 heterocycles. The fourth-order valence-electron chi connectivity index (χ4n) is 2.58. The number of tetrazole rings is 1. The maximum atomic E-state index is 12.1. The minimum atomic E-state index is -0.914. The molecule has 1 saturated carbocycles. The number of carbonyl (C=O) groups is 2. The van der Waals surface area contributed by atoms with Crippen molar-refractivity contribution in [1.82, 2.24) is 20.2 Å². The predicted octanol–water partition coefficient (Wildman–Crippen LogP) is 0.286. The lowest BCUT2D eigenvalue weighted by Crippen LogP contribution is -2.30. The Morgan fingerprint density at radius 2 is 2.11 bits per heavy atom. The van der Waals surface area contributed by atoms with Gasteiger partial charge in [-0.2, -0.15) is 4.80 Å². The van der Waals surface area contributed by atoms with E-state index in [1.54, 1.807) is 7.05 Å². The van der Waals surface area contributed by atoms with Crippen LogP contribution in [0, 0.1) is 17.8 Å². The van der Waals surface area contributed by atoms with Crippen molar-refractivity contribution >= 4 is 17.8 Å². The van der Waals surface area contributed by atoms with E-state index in [1.165, 1.54) is 4.80 Å². The number of rotatable bonds is 4. The van der Waals surface area contributed by atoms with Gasteiger partial charge >= 0.3 is 5.97 Å². The molecule has 1 unspecified atom stereocenters. The molecular formula is C11H17N5O3. The van der Waals surface area contributed by atoms with Gasteiger partial charge in [-0.15, -0.1) is 5.10 Å². The van der Waals surface area contributed by atoms with Gasteiger partial charge in [0.15, 0.2) is 0 Å². The van der Waals surface area contributed by atoms with Crippen molar-refractivity contribution in [2.75, 3.05) is 5.32 Å². The van der Waals surface area contributed by atoms with Gasteiger partial charge < -0.3 is 5.11 Å². The Morgan fingerprint density at radius 1 is 1.42 bits per heavy atom. The number of aryl methyl sites for hydroxylation is 1. The first-order valence-corrected chi connectivity index (χ1v) is 6.29. The number of amides is 1. The van der Waals surface area contributed by atoms with E-state index in [-0.39, 0.29) is 17.8 Å². The Hall–Kier alpha value is -1.99. The fourth-order valence-corrected chi connectivity index (χ4v) is 2.58. The number of nitrogens with one attached hydrogen (secondary N) is 1. The summed E-state index contributed by atoms with van der Waals surface area (Å²) in [4.78, 5) is 24.5. The Balaban J connectivity index is 2.06. The molecule has 2 N–H and O–H groups in total. The fraction of sp³-hybridized carbons (Fsp3) is 0.727. The van der Waals surface area contributed by atoms with Crippen molar-refractivity contribution in [1.29, 1.82) is 0 Å². The summed E-state index contributed by atoms with van der Waals surface area (Å²) >= 11 is 0. The Kier molecular flexibility index (Phi) is 3.77. The first-order valence-electron chi connectivity index (χ1n) is 6.29. The topological polar surface area (TPSA) is 110 Å². The summed E-state index contributed by atoms with van der Waals surface area (Å²) in [5.74, 6) is -2.00. The van der Waals surface area contributed by atoms with Crippen LogP contribution in [-0.2, 0) is 16.6 Å². The number of carboxylic acids is 1. The van der Waals surface area contributed by atoms with Gasteiger partial charge in [-0.1, -0.05) is 18.4 Å². The second-order valence-electron chi connectivity index (χ2n) is 4.89. The van der Waals surface area contributed by atoms with Crippen LogP contribution in [0.3, 0.4) is 0 Å². The van der Waals surface area contributed by atoms with Crippen LogP contribution in [0.25, 0.3) is 0 Å². The van der Waals surface area contributed by atoms with Gasteiger partial charge in [-0.3, -0.25) is 14.9 Å².